The van der Waals surface area contributed by atoms with E-state index in [0.717, 1.165) is 23.2 Å². The van der Waals surface area contributed by atoms with Crippen LogP contribution >= 0.6 is 0 Å². The fourth-order valence-corrected chi connectivity index (χ4v) is 2.56. The molecule has 0 aliphatic heterocycles. The third kappa shape index (κ3) is 2.32. The summed E-state index contributed by atoms with van der Waals surface area (Å²) in [6.45, 7) is 2.04. The fourth-order valence-electron chi connectivity index (χ4n) is 2.56. The quantitative estimate of drug-likeness (QED) is 0.896. The number of nitrogens with one attached hydrogen (secondary N) is 1. The highest BCUT2D eigenvalue weighted by Gasteiger charge is 2.38. The van der Waals surface area contributed by atoms with E-state index in [1.54, 1.807) is 0 Å². The lowest BCUT2D eigenvalue weighted by atomic mass is 10.1. The highest BCUT2D eigenvalue weighted by molar-refractivity contribution is 5.63. The molecule has 1 aliphatic rings. The highest BCUT2D eigenvalue weighted by Crippen LogP contribution is 2.43. The lowest BCUT2D eigenvalue weighted by molar-refractivity contribution is 1.04. The maximum atomic E-state index is 9.17. The molecule has 1 aliphatic carbocycles. The van der Waals surface area contributed by atoms with E-state index in [0.29, 0.717) is 12.0 Å². The van der Waals surface area contributed by atoms with Gasteiger partial charge in [-0.1, -0.05) is 42.5 Å². The number of nitriles is 1. The second-order valence-electron chi connectivity index (χ2n) is 5.11. The van der Waals surface area contributed by atoms with Gasteiger partial charge in [0.2, 0.25) is 0 Å². The highest BCUT2D eigenvalue weighted by atomic mass is 15.0. The van der Waals surface area contributed by atoms with Crippen molar-refractivity contribution in [1.29, 1.82) is 5.26 Å². The van der Waals surface area contributed by atoms with Crippen LogP contribution in [-0.2, 0) is 0 Å². The Morgan fingerprint density at radius 2 is 1.89 bits per heavy atom. The molecule has 2 nitrogen and oxygen atoms in total. The van der Waals surface area contributed by atoms with E-state index >= 15 is 0 Å². The zero-order valence-electron chi connectivity index (χ0n) is 10.9. The summed E-state index contributed by atoms with van der Waals surface area (Å²) in [4.78, 5) is 0. The molecule has 0 aromatic heterocycles. The van der Waals surface area contributed by atoms with Crippen molar-refractivity contribution in [2.75, 3.05) is 5.32 Å². The van der Waals surface area contributed by atoms with Gasteiger partial charge in [0, 0.05) is 12.0 Å². The first-order chi connectivity index (χ1) is 9.29. The van der Waals surface area contributed by atoms with E-state index in [1.165, 1.54) is 5.56 Å². The van der Waals surface area contributed by atoms with E-state index < -0.39 is 0 Å². The topological polar surface area (TPSA) is 35.8 Å². The van der Waals surface area contributed by atoms with Crippen molar-refractivity contribution in [3.05, 3.63) is 65.2 Å². The average Bonchev–Trinajstić information content (AvgIpc) is 3.21. The molecule has 0 bridgehead atoms. The van der Waals surface area contributed by atoms with Crippen molar-refractivity contribution in [2.24, 2.45) is 0 Å². The summed E-state index contributed by atoms with van der Waals surface area (Å²) in [5, 5.41) is 12.7. The summed E-state index contributed by atoms with van der Waals surface area (Å²) in [7, 11) is 0. The lowest BCUT2D eigenvalue weighted by Crippen LogP contribution is -2.07. The van der Waals surface area contributed by atoms with E-state index in [1.807, 2.05) is 31.2 Å². The van der Waals surface area contributed by atoms with Crippen molar-refractivity contribution in [2.45, 2.75) is 25.3 Å². The third-order valence-electron chi connectivity index (χ3n) is 3.74. The standard InChI is InChI=1S/C17H16N2/c1-12-6-5-9-14(11-18)17(12)19-16-10-15(16)13-7-3-2-4-8-13/h2-9,15-16,19H,10H2,1H3. The third-order valence-corrected chi connectivity index (χ3v) is 3.74. The van der Waals surface area contributed by atoms with Crippen molar-refractivity contribution >= 4 is 5.69 Å². The zero-order chi connectivity index (χ0) is 13.2. The predicted octanol–water partition coefficient (Wildman–Crippen LogP) is 3.83. The molecule has 0 heterocycles. The number of aryl methyl sites for hydroxylation is 1. The van der Waals surface area contributed by atoms with E-state index in [4.69, 9.17) is 5.26 Å². The molecule has 0 spiro atoms. The lowest BCUT2D eigenvalue weighted by Gasteiger charge is -2.11. The van der Waals surface area contributed by atoms with Crippen LogP contribution in [0.2, 0.25) is 0 Å². The summed E-state index contributed by atoms with van der Waals surface area (Å²) < 4.78 is 0. The summed E-state index contributed by atoms with van der Waals surface area (Å²) in [5.41, 5.74) is 4.25. The number of para-hydroxylation sites is 1. The molecular weight excluding hydrogens is 232 g/mol. The molecule has 2 atom stereocenters. The molecule has 2 heteroatoms. The molecule has 19 heavy (non-hydrogen) atoms. The Kier molecular flexibility index (Phi) is 2.97. The molecule has 3 rings (SSSR count). The van der Waals surface area contributed by atoms with Crippen LogP contribution in [-0.4, -0.2) is 6.04 Å². The molecule has 2 aromatic carbocycles. The van der Waals surface area contributed by atoms with Crippen LogP contribution in [0.25, 0.3) is 0 Å². The molecule has 1 N–H and O–H groups in total. The Balaban J connectivity index is 1.77. The van der Waals surface area contributed by atoms with Gasteiger partial charge >= 0.3 is 0 Å². The van der Waals surface area contributed by atoms with E-state index in [9.17, 15) is 0 Å². The van der Waals surface area contributed by atoms with Crippen LogP contribution in [0.4, 0.5) is 5.69 Å². The molecule has 2 aromatic rings. The summed E-state index contributed by atoms with van der Waals surface area (Å²) in [6.07, 6.45) is 1.14. The number of hydrogen-bond acceptors (Lipinski definition) is 2. The Morgan fingerprint density at radius 1 is 1.11 bits per heavy atom. The second-order valence-corrected chi connectivity index (χ2v) is 5.11. The maximum Gasteiger partial charge on any atom is 0.101 e. The fraction of sp³-hybridized carbons (Fsp3) is 0.235. The molecule has 0 amide bonds. The van der Waals surface area contributed by atoms with E-state index in [2.05, 4.69) is 35.7 Å². The van der Waals surface area contributed by atoms with Gasteiger partial charge in [0.15, 0.2) is 0 Å². The van der Waals surface area contributed by atoms with Crippen LogP contribution in [0, 0.1) is 18.3 Å². The Labute approximate surface area is 113 Å². The first-order valence-corrected chi connectivity index (χ1v) is 6.61. The molecule has 94 valence electrons. The van der Waals surface area contributed by atoms with Crippen molar-refractivity contribution < 1.29 is 0 Å². The van der Waals surface area contributed by atoms with Gasteiger partial charge in [0.25, 0.3) is 0 Å². The zero-order valence-corrected chi connectivity index (χ0v) is 10.9. The van der Waals surface area contributed by atoms with Gasteiger partial charge in [-0.25, -0.2) is 0 Å². The molecule has 1 saturated carbocycles. The van der Waals surface area contributed by atoms with Crippen LogP contribution in [0.3, 0.4) is 0 Å². The van der Waals surface area contributed by atoms with Gasteiger partial charge in [0.1, 0.15) is 6.07 Å². The van der Waals surface area contributed by atoms with Crippen molar-refractivity contribution in [3.8, 4) is 6.07 Å². The van der Waals surface area contributed by atoms with Crippen molar-refractivity contribution in [3.63, 3.8) is 0 Å². The number of benzene rings is 2. The summed E-state index contributed by atoms with van der Waals surface area (Å²) in [6, 6.07) is 19.1. The summed E-state index contributed by atoms with van der Waals surface area (Å²) in [5.74, 6) is 0.576. The number of anilines is 1. The second kappa shape index (κ2) is 4.78. The molecule has 0 saturated heterocycles. The normalized spacial score (nSPS) is 20.6. The largest absolute Gasteiger partial charge is 0.380 e. The van der Waals surface area contributed by atoms with Gasteiger partial charge in [-0.15, -0.1) is 0 Å². The minimum atomic E-state index is 0.454. The molecule has 2 unspecified atom stereocenters. The number of hydrogen-bond donors (Lipinski definition) is 1. The van der Waals surface area contributed by atoms with Crippen LogP contribution < -0.4 is 5.32 Å². The van der Waals surface area contributed by atoms with E-state index in [-0.39, 0.29) is 0 Å². The first kappa shape index (κ1) is 11.8. The maximum absolute atomic E-state index is 9.17. The Hall–Kier alpha value is -2.27. The van der Waals surface area contributed by atoms with Crippen molar-refractivity contribution in [1.82, 2.24) is 0 Å². The predicted molar refractivity (Wildman–Crippen MR) is 77.1 cm³/mol. The van der Waals surface area contributed by atoms with Gasteiger partial charge in [-0.3, -0.25) is 0 Å². The molecule has 1 fully saturated rings. The van der Waals surface area contributed by atoms with Gasteiger partial charge in [-0.05, 0) is 30.5 Å². The monoisotopic (exact) mass is 248 g/mol. The minimum Gasteiger partial charge on any atom is -0.380 e. The van der Waals surface area contributed by atoms with Crippen LogP contribution in [0.1, 0.15) is 29.0 Å². The minimum absolute atomic E-state index is 0.454. The van der Waals surface area contributed by atoms with Gasteiger partial charge in [-0.2, -0.15) is 5.26 Å². The van der Waals surface area contributed by atoms with Gasteiger partial charge in [0.05, 0.1) is 11.3 Å². The first-order valence-electron chi connectivity index (χ1n) is 6.61. The van der Waals surface area contributed by atoms with Crippen LogP contribution in [0.5, 0.6) is 0 Å². The SMILES string of the molecule is Cc1cccc(C#N)c1NC1CC1c1ccccc1. The van der Waals surface area contributed by atoms with Crippen LogP contribution in [0.15, 0.2) is 48.5 Å². The molecular formula is C17H16N2. The Morgan fingerprint density at radius 3 is 2.63 bits per heavy atom. The van der Waals surface area contributed by atoms with Gasteiger partial charge < -0.3 is 5.32 Å². The summed E-state index contributed by atoms with van der Waals surface area (Å²) >= 11 is 0. The number of rotatable bonds is 3. The molecule has 0 radical (unpaired) electrons. The average molecular weight is 248 g/mol. The smallest absolute Gasteiger partial charge is 0.101 e. The Bertz CT molecular complexity index is 625. The number of nitrogens with zero attached hydrogens (tertiary/aromatic N) is 1.